The first-order valence-corrected chi connectivity index (χ1v) is 7.77. The summed E-state index contributed by atoms with van der Waals surface area (Å²) >= 11 is 1.17. The summed E-state index contributed by atoms with van der Waals surface area (Å²) in [5.74, 6) is -0.249. The summed E-state index contributed by atoms with van der Waals surface area (Å²) in [5, 5.41) is 11.6. The van der Waals surface area contributed by atoms with Crippen LogP contribution >= 0.6 is 11.8 Å². The molecule has 1 aliphatic rings. The number of pyridine rings is 1. The number of thioether (sulfide) groups is 1. The van der Waals surface area contributed by atoms with Gasteiger partial charge in [-0.05, 0) is 36.0 Å². The third-order valence-electron chi connectivity index (χ3n) is 3.29. The molecule has 7 nitrogen and oxygen atoms in total. The van der Waals surface area contributed by atoms with Crippen LogP contribution in [-0.4, -0.2) is 32.9 Å². The number of likely N-dealkylation sites (N-methyl/N-ethyl adjacent to an activating group) is 1. The second-order valence-corrected chi connectivity index (χ2v) is 5.91. The molecular weight excluding hydrogens is 328 g/mol. The second-order valence-electron chi connectivity index (χ2n) is 4.90. The van der Waals surface area contributed by atoms with E-state index in [0.29, 0.717) is 21.3 Å². The Balaban J connectivity index is 1.95. The molecule has 0 aliphatic carbocycles. The minimum atomic E-state index is -0.467. The number of amides is 1. The summed E-state index contributed by atoms with van der Waals surface area (Å²) in [5.41, 5.74) is 0.972. The van der Waals surface area contributed by atoms with Crippen LogP contribution in [0.3, 0.4) is 0 Å². The van der Waals surface area contributed by atoms with Crippen LogP contribution in [-0.2, 0) is 4.79 Å². The number of hydrogen-bond donors (Lipinski definition) is 0. The lowest BCUT2D eigenvalue weighted by molar-refractivity contribution is -0.385. The fraction of sp³-hybridized carbons (Fsp3) is 0.0625. The van der Waals surface area contributed by atoms with E-state index in [9.17, 15) is 14.9 Å². The summed E-state index contributed by atoms with van der Waals surface area (Å²) in [6.07, 6.45) is 4.75. The molecule has 1 aromatic heterocycles. The topological polar surface area (TPSA) is 88.7 Å². The highest BCUT2D eigenvalue weighted by molar-refractivity contribution is 8.18. The molecule has 0 unspecified atom stereocenters. The van der Waals surface area contributed by atoms with E-state index in [0.717, 1.165) is 0 Å². The van der Waals surface area contributed by atoms with Crippen molar-refractivity contribution in [2.45, 2.75) is 0 Å². The minimum absolute atomic E-state index is 0.0429. The van der Waals surface area contributed by atoms with Crippen LogP contribution in [0.5, 0.6) is 0 Å². The molecule has 1 aromatic carbocycles. The Hall–Kier alpha value is -3.00. The molecule has 1 saturated heterocycles. The second kappa shape index (κ2) is 6.63. The lowest BCUT2D eigenvalue weighted by Gasteiger charge is -2.06. The lowest BCUT2D eigenvalue weighted by Crippen LogP contribution is -2.23. The third kappa shape index (κ3) is 3.18. The highest BCUT2D eigenvalue weighted by Crippen LogP contribution is 2.34. The number of nitro benzene ring substituents is 1. The summed E-state index contributed by atoms with van der Waals surface area (Å²) in [7, 11) is 1.62. The van der Waals surface area contributed by atoms with Gasteiger partial charge in [0.1, 0.15) is 0 Å². The van der Waals surface area contributed by atoms with E-state index < -0.39 is 4.92 Å². The van der Waals surface area contributed by atoms with Gasteiger partial charge < -0.3 is 0 Å². The number of rotatable bonds is 3. The SMILES string of the molecule is CN1C(=O)/C(=C/c2ccccc2[N+](=O)[O-])SC1=Nc1cccnc1. The van der Waals surface area contributed by atoms with E-state index in [1.807, 2.05) is 0 Å². The third-order valence-corrected chi connectivity index (χ3v) is 4.35. The molecule has 2 heterocycles. The van der Waals surface area contributed by atoms with Crippen molar-refractivity contribution < 1.29 is 9.72 Å². The zero-order chi connectivity index (χ0) is 17.1. The number of nitrogens with zero attached hydrogens (tertiary/aromatic N) is 4. The van der Waals surface area contributed by atoms with E-state index in [-0.39, 0.29) is 11.6 Å². The first kappa shape index (κ1) is 15.9. The van der Waals surface area contributed by atoms with Crippen LogP contribution in [0.15, 0.2) is 58.7 Å². The molecule has 8 heteroatoms. The molecule has 3 rings (SSSR count). The average molecular weight is 340 g/mol. The van der Waals surface area contributed by atoms with Gasteiger partial charge in [0.15, 0.2) is 5.17 Å². The van der Waals surface area contributed by atoms with Crippen molar-refractivity contribution in [3.05, 3.63) is 69.4 Å². The Bertz CT molecular complexity index is 865. The Labute approximate surface area is 141 Å². The molecule has 2 aromatic rings. The minimum Gasteiger partial charge on any atom is -0.290 e. The maximum absolute atomic E-state index is 12.4. The summed E-state index contributed by atoms with van der Waals surface area (Å²) in [6.45, 7) is 0. The van der Waals surface area contributed by atoms with Crippen molar-refractivity contribution in [2.75, 3.05) is 7.05 Å². The van der Waals surface area contributed by atoms with Gasteiger partial charge in [-0.3, -0.25) is 24.8 Å². The van der Waals surface area contributed by atoms with E-state index in [4.69, 9.17) is 0 Å². The number of benzene rings is 1. The normalized spacial score (nSPS) is 17.7. The summed E-state index contributed by atoms with van der Waals surface area (Å²) in [6, 6.07) is 9.83. The van der Waals surface area contributed by atoms with Gasteiger partial charge in [0, 0.05) is 19.3 Å². The predicted octanol–water partition coefficient (Wildman–Crippen LogP) is 3.22. The molecule has 1 fully saturated rings. The number of para-hydroxylation sites is 1. The number of carbonyl (C=O) groups excluding carboxylic acids is 1. The first-order valence-electron chi connectivity index (χ1n) is 6.96. The average Bonchev–Trinajstić information content (AvgIpc) is 2.84. The maximum Gasteiger partial charge on any atom is 0.276 e. The molecule has 24 heavy (non-hydrogen) atoms. The van der Waals surface area contributed by atoms with Gasteiger partial charge in [-0.15, -0.1) is 0 Å². The molecule has 0 atom stereocenters. The van der Waals surface area contributed by atoms with Gasteiger partial charge in [-0.1, -0.05) is 12.1 Å². The van der Waals surface area contributed by atoms with Crippen molar-refractivity contribution in [1.29, 1.82) is 0 Å². The Morgan fingerprint density at radius 2 is 2.08 bits per heavy atom. The van der Waals surface area contributed by atoms with E-state index in [1.165, 1.54) is 28.8 Å². The van der Waals surface area contributed by atoms with E-state index in [2.05, 4.69) is 9.98 Å². The van der Waals surface area contributed by atoms with Crippen molar-refractivity contribution in [1.82, 2.24) is 9.88 Å². The van der Waals surface area contributed by atoms with Crippen LogP contribution in [0.25, 0.3) is 6.08 Å². The van der Waals surface area contributed by atoms with Gasteiger partial charge in [0.2, 0.25) is 0 Å². The van der Waals surface area contributed by atoms with Crippen molar-refractivity contribution in [2.24, 2.45) is 4.99 Å². The molecule has 120 valence electrons. The van der Waals surface area contributed by atoms with Gasteiger partial charge in [0.05, 0.1) is 27.3 Å². The molecule has 1 aliphatic heterocycles. The number of aromatic nitrogens is 1. The van der Waals surface area contributed by atoms with Gasteiger partial charge in [-0.2, -0.15) is 0 Å². The fourth-order valence-corrected chi connectivity index (χ4v) is 3.08. The fourth-order valence-electron chi connectivity index (χ4n) is 2.10. The van der Waals surface area contributed by atoms with Crippen molar-refractivity contribution in [3.63, 3.8) is 0 Å². The van der Waals surface area contributed by atoms with Crippen LogP contribution < -0.4 is 0 Å². The van der Waals surface area contributed by atoms with Crippen molar-refractivity contribution >= 4 is 40.3 Å². The Kier molecular flexibility index (Phi) is 4.39. The van der Waals surface area contributed by atoms with E-state index >= 15 is 0 Å². The van der Waals surface area contributed by atoms with E-state index in [1.54, 1.807) is 49.8 Å². The number of hydrogen-bond acceptors (Lipinski definition) is 6. The largest absolute Gasteiger partial charge is 0.290 e. The molecule has 0 saturated carbocycles. The first-order chi connectivity index (χ1) is 11.6. The highest BCUT2D eigenvalue weighted by Gasteiger charge is 2.31. The maximum atomic E-state index is 12.4. The predicted molar refractivity (Wildman–Crippen MR) is 92.8 cm³/mol. The molecule has 1 amide bonds. The molecule has 0 bridgehead atoms. The van der Waals surface area contributed by atoms with Crippen LogP contribution in [0.1, 0.15) is 5.56 Å². The standard InChI is InChI=1S/C16H12N4O3S/c1-19-15(21)14(9-11-5-2-3-7-13(11)20(22)23)24-16(19)18-12-6-4-8-17-10-12/h2-10H,1H3/b14-9-,18-16?. The smallest absolute Gasteiger partial charge is 0.276 e. The Morgan fingerprint density at radius 1 is 1.29 bits per heavy atom. The quantitative estimate of drug-likeness (QED) is 0.486. The molecule has 0 N–H and O–H groups in total. The van der Waals surface area contributed by atoms with Crippen LogP contribution in [0.2, 0.25) is 0 Å². The van der Waals surface area contributed by atoms with Gasteiger partial charge in [0.25, 0.3) is 11.6 Å². The summed E-state index contributed by atoms with van der Waals surface area (Å²) in [4.78, 5) is 33.1. The zero-order valence-electron chi connectivity index (χ0n) is 12.6. The van der Waals surface area contributed by atoms with Crippen LogP contribution in [0.4, 0.5) is 11.4 Å². The lowest BCUT2D eigenvalue weighted by atomic mass is 10.1. The Morgan fingerprint density at radius 3 is 2.79 bits per heavy atom. The molecular formula is C16H12N4O3S. The molecule has 0 radical (unpaired) electrons. The van der Waals surface area contributed by atoms with Gasteiger partial charge in [-0.25, -0.2) is 4.99 Å². The van der Waals surface area contributed by atoms with Gasteiger partial charge >= 0.3 is 0 Å². The monoisotopic (exact) mass is 340 g/mol. The summed E-state index contributed by atoms with van der Waals surface area (Å²) < 4.78 is 0. The van der Waals surface area contributed by atoms with Crippen molar-refractivity contribution in [3.8, 4) is 0 Å². The number of aliphatic imine (C=N–C) groups is 1. The van der Waals surface area contributed by atoms with Crippen LogP contribution in [0, 0.1) is 10.1 Å². The number of amidine groups is 1. The number of nitro groups is 1. The molecule has 0 spiro atoms. The number of carbonyl (C=O) groups is 1. The highest BCUT2D eigenvalue weighted by atomic mass is 32.2. The zero-order valence-corrected chi connectivity index (χ0v) is 13.4.